The Morgan fingerprint density at radius 2 is 1.53 bits per heavy atom. The zero-order valence-electron chi connectivity index (χ0n) is 18.2. The van der Waals surface area contributed by atoms with Gasteiger partial charge in [0.05, 0.1) is 29.5 Å². The molecule has 1 aliphatic heterocycles. The third kappa shape index (κ3) is 5.54. The minimum Gasteiger partial charge on any atom is -0.379 e. The SMILES string of the molecule is Cc1ccc(S(=O)(=O)NCC(=O)Nc2cc(S(=O)(=O)N3CCOCC3)ccc2C)cc1C. The lowest BCUT2D eigenvalue weighted by Gasteiger charge is -2.26. The van der Waals surface area contributed by atoms with Crippen molar-refractivity contribution in [3.8, 4) is 0 Å². The van der Waals surface area contributed by atoms with Crippen molar-refractivity contribution in [2.75, 3.05) is 38.2 Å². The van der Waals surface area contributed by atoms with Gasteiger partial charge in [-0.3, -0.25) is 4.79 Å². The monoisotopic (exact) mass is 481 g/mol. The van der Waals surface area contributed by atoms with Gasteiger partial charge in [0.25, 0.3) is 0 Å². The summed E-state index contributed by atoms with van der Waals surface area (Å²) in [6.07, 6.45) is 0. The Labute approximate surface area is 188 Å². The number of carbonyl (C=O) groups is 1. The minimum atomic E-state index is -3.87. The van der Waals surface area contributed by atoms with Crippen molar-refractivity contribution < 1.29 is 26.4 Å². The van der Waals surface area contributed by atoms with E-state index in [2.05, 4.69) is 10.0 Å². The molecule has 32 heavy (non-hydrogen) atoms. The predicted molar refractivity (Wildman–Crippen MR) is 120 cm³/mol. The van der Waals surface area contributed by atoms with Crippen LogP contribution in [0, 0.1) is 20.8 Å². The molecule has 0 unspecified atom stereocenters. The second-order valence-corrected chi connectivity index (χ2v) is 11.3. The highest BCUT2D eigenvalue weighted by molar-refractivity contribution is 7.89. The van der Waals surface area contributed by atoms with Crippen LogP contribution in [0.1, 0.15) is 16.7 Å². The molecular weight excluding hydrogens is 454 g/mol. The Morgan fingerprint density at radius 3 is 2.19 bits per heavy atom. The Morgan fingerprint density at radius 1 is 0.906 bits per heavy atom. The normalized spacial score (nSPS) is 15.5. The van der Waals surface area contributed by atoms with Gasteiger partial charge in [-0.15, -0.1) is 0 Å². The van der Waals surface area contributed by atoms with Crippen LogP contribution < -0.4 is 10.0 Å². The Kier molecular flexibility index (Phi) is 7.36. The van der Waals surface area contributed by atoms with Crippen LogP contribution in [0.3, 0.4) is 0 Å². The Bertz CT molecular complexity index is 1220. The molecule has 0 bridgehead atoms. The van der Waals surface area contributed by atoms with E-state index in [1.165, 1.54) is 22.5 Å². The molecule has 0 aliphatic carbocycles. The van der Waals surface area contributed by atoms with Gasteiger partial charge >= 0.3 is 0 Å². The maximum absolute atomic E-state index is 12.9. The summed E-state index contributed by atoms with van der Waals surface area (Å²) in [6, 6.07) is 9.19. The largest absolute Gasteiger partial charge is 0.379 e. The molecule has 174 valence electrons. The zero-order valence-corrected chi connectivity index (χ0v) is 19.8. The molecule has 0 saturated carbocycles. The lowest BCUT2D eigenvalue weighted by Crippen LogP contribution is -2.40. The highest BCUT2D eigenvalue weighted by Gasteiger charge is 2.27. The van der Waals surface area contributed by atoms with E-state index < -0.39 is 32.5 Å². The molecule has 1 aliphatic rings. The molecular formula is C21H27N3O6S2. The highest BCUT2D eigenvalue weighted by atomic mass is 32.2. The summed E-state index contributed by atoms with van der Waals surface area (Å²) in [5.41, 5.74) is 2.74. The van der Waals surface area contributed by atoms with Gasteiger partial charge in [-0.25, -0.2) is 21.6 Å². The molecule has 9 nitrogen and oxygen atoms in total. The third-order valence-corrected chi connectivity index (χ3v) is 8.60. The van der Waals surface area contributed by atoms with Gasteiger partial charge in [0.2, 0.25) is 26.0 Å². The molecule has 0 radical (unpaired) electrons. The predicted octanol–water partition coefficient (Wildman–Crippen LogP) is 1.55. The molecule has 0 spiro atoms. The van der Waals surface area contributed by atoms with Crippen molar-refractivity contribution >= 4 is 31.6 Å². The highest BCUT2D eigenvalue weighted by Crippen LogP contribution is 2.23. The first-order valence-electron chi connectivity index (χ1n) is 10.1. The minimum absolute atomic E-state index is 0.0519. The summed E-state index contributed by atoms with van der Waals surface area (Å²) < 4.78 is 59.5. The van der Waals surface area contributed by atoms with Crippen LogP contribution >= 0.6 is 0 Å². The quantitative estimate of drug-likeness (QED) is 0.619. The average Bonchev–Trinajstić information content (AvgIpc) is 2.76. The number of amides is 1. The molecule has 1 heterocycles. The number of sulfonamides is 2. The van der Waals surface area contributed by atoms with Crippen LogP contribution in [0.5, 0.6) is 0 Å². The van der Waals surface area contributed by atoms with E-state index in [-0.39, 0.29) is 22.9 Å². The number of ether oxygens (including phenoxy) is 1. The molecule has 1 fully saturated rings. The number of rotatable bonds is 7. The van der Waals surface area contributed by atoms with Crippen LogP contribution in [0.25, 0.3) is 0 Å². The number of benzene rings is 2. The maximum Gasteiger partial charge on any atom is 0.243 e. The van der Waals surface area contributed by atoms with Gasteiger partial charge in [-0.2, -0.15) is 4.31 Å². The number of morpholine rings is 1. The Hall–Kier alpha value is -2.31. The summed E-state index contributed by atoms with van der Waals surface area (Å²) in [6.45, 7) is 6.10. The second kappa shape index (κ2) is 9.67. The first-order valence-corrected chi connectivity index (χ1v) is 13.0. The molecule has 11 heteroatoms. The number of nitrogens with one attached hydrogen (secondary N) is 2. The molecule has 1 amide bonds. The van der Waals surface area contributed by atoms with Crippen molar-refractivity contribution in [1.82, 2.24) is 9.03 Å². The fraction of sp³-hybridized carbons (Fsp3) is 0.381. The van der Waals surface area contributed by atoms with Crippen LogP contribution in [-0.4, -0.2) is 59.9 Å². The first kappa shape index (κ1) is 24.3. The summed E-state index contributed by atoms with van der Waals surface area (Å²) >= 11 is 0. The third-order valence-electron chi connectivity index (χ3n) is 5.30. The molecule has 3 rings (SSSR count). The van der Waals surface area contributed by atoms with Gasteiger partial charge < -0.3 is 10.1 Å². The van der Waals surface area contributed by atoms with Crippen molar-refractivity contribution in [2.24, 2.45) is 0 Å². The molecule has 2 N–H and O–H groups in total. The van der Waals surface area contributed by atoms with Crippen LogP contribution in [0.4, 0.5) is 5.69 Å². The fourth-order valence-corrected chi connectivity index (χ4v) is 5.65. The van der Waals surface area contributed by atoms with E-state index in [4.69, 9.17) is 4.74 Å². The summed E-state index contributed by atoms with van der Waals surface area (Å²) in [5, 5.41) is 2.60. The number of carbonyl (C=O) groups excluding carboxylic acids is 1. The smallest absolute Gasteiger partial charge is 0.243 e. The van der Waals surface area contributed by atoms with Gasteiger partial charge in [0.1, 0.15) is 0 Å². The topological polar surface area (TPSA) is 122 Å². The molecule has 2 aromatic rings. The van der Waals surface area contributed by atoms with Crippen molar-refractivity contribution in [2.45, 2.75) is 30.6 Å². The van der Waals surface area contributed by atoms with E-state index in [0.717, 1.165) is 11.1 Å². The average molecular weight is 482 g/mol. The zero-order chi connectivity index (χ0) is 23.5. The fourth-order valence-electron chi connectivity index (χ4n) is 3.15. The molecule has 1 saturated heterocycles. The summed E-state index contributed by atoms with van der Waals surface area (Å²) in [5.74, 6) is -0.610. The van der Waals surface area contributed by atoms with Gasteiger partial charge in [-0.1, -0.05) is 12.1 Å². The second-order valence-electron chi connectivity index (χ2n) is 7.61. The maximum atomic E-state index is 12.9. The molecule has 0 aromatic heterocycles. The number of hydrogen-bond donors (Lipinski definition) is 2. The number of aryl methyl sites for hydroxylation is 3. The van der Waals surface area contributed by atoms with Crippen molar-refractivity contribution in [3.63, 3.8) is 0 Å². The van der Waals surface area contributed by atoms with Crippen LogP contribution in [-0.2, 0) is 29.6 Å². The van der Waals surface area contributed by atoms with E-state index in [9.17, 15) is 21.6 Å². The standard InChI is InChI=1S/C21H27N3O6S2/c1-15-4-6-18(12-17(15)3)31(26,27)22-14-21(25)23-20-13-19(7-5-16(20)2)32(28,29)24-8-10-30-11-9-24/h4-7,12-13,22H,8-11,14H2,1-3H3,(H,23,25). The summed E-state index contributed by atoms with van der Waals surface area (Å²) in [7, 11) is -7.59. The molecule has 2 aromatic carbocycles. The van der Waals surface area contributed by atoms with E-state index in [1.54, 1.807) is 25.1 Å². The van der Waals surface area contributed by atoms with Gasteiger partial charge in [-0.05, 0) is 61.7 Å². The van der Waals surface area contributed by atoms with Gasteiger partial charge in [0.15, 0.2) is 0 Å². The van der Waals surface area contributed by atoms with E-state index >= 15 is 0 Å². The van der Waals surface area contributed by atoms with Crippen LogP contribution in [0.15, 0.2) is 46.2 Å². The first-order chi connectivity index (χ1) is 15.0. The van der Waals surface area contributed by atoms with Gasteiger partial charge in [0, 0.05) is 18.8 Å². The summed E-state index contributed by atoms with van der Waals surface area (Å²) in [4.78, 5) is 12.5. The van der Waals surface area contributed by atoms with Crippen molar-refractivity contribution in [1.29, 1.82) is 0 Å². The lowest BCUT2D eigenvalue weighted by molar-refractivity contribution is -0.115. The lowest BCUT2D eigenvalue weighted by atomic mass is 10.1. The Balaban J connectivity index is 1.71. The van der Waals surface area contributed by atoms with E-state index in [1.807, 2.05) is 13.8 Å². The molecule has 0 atom stereocenters. The number of anilines is 1. The van der Waals surface area contributed by atoms with Crippen LogP contribution in [0.2, 0.25) is 0 Å². The van der Waals surface area contributed by atoms with Crippen molar-refractivity contribution in [3.05, 3.63) is 53.1 Å². The van der Waals surface area contributed by atoms with E-state index in [0.29, 0.717) is 24.5 Å². The number of nitrogens with zero attached hydrogens (tertiary/aromatic N) is 1. The number of hydrogen-bond acceptors (Lipinski definition) is 6.